The number of nitrogens with zero attached hydrogens (tertiary/aromatic N) is 3. The van der Waals surface area contributed by atoms with Crippen molar-refractivity contribution in [2.45, 2.75) is 51.3 Å². The average molecular weight is 501 g/mol. The van der Waals surface area contributed by atoms with Gasteiger partial charge in [-0.15, -0.1) is 0 Å². The number of aliphatic hydroxyl groups is 1. The molecule has 190 valence electrons. The highest BCUT2D eigenvalue weighted by Gasteiger charge is 2.39. The number of aryl methyl sites for hydroxylation is 1. The molecule has 10 heteroatoms. The molecule has 1 aromatic carbocycles. The van der Waals surface area contributed by atoms with E-state index in [2.05, 4.69) is 20.3 Å². The molecule has 0 bridgehead atoms. The SMILES string of the molecule is Cc1cc(Nc2nccc(C(F)(F)F)n2)cc(-c2ccc(C(C)(O)C3CCC(C(=O)O)CC3)nc2)c1. The molecule has 0 spiro atoms. The third-order valence-electron chi connectivity index (χ3n) is 6.77. The number of rotatable bonds is 6. The molecule has 1 aliphatic rings. The Kier molecular flexibility index (Phi) is 6.99. The van der Waals surface area contributed by atoms with Crippen LogP contribution < -0.4 is 5.32 Å². The van der Waals surface area contributed by atoms with Crippen LogP contribution in [0.15, 0.2) is 48.8 Å². The predicted molar refractivity (Wildman–Crippen MR) is 127 cm³/mol. The number of pyridine rings is 1. The minimum absolute atomic E-state index is 0.0892. The van der Waals surface area contributed by atoms with Crippen molar-refractivity contribution >= 4 is 17.6 Å². The van der Waals surface area contributed by atoms with Crippen LogP contribution in [-0.4, -0.2) is 31.1 Å². The maximum Gasteiger partial charge on any atom is 0.433 e. The van der Waals surface area contributed by atoms with Gasteiger partial charge < -0.3 is 15.5 Å². The molecule has 36 heavy (non-hydrogen) atoms. The van der Waals surface area contributed by atoms with Crippen LogP contribution in [0.4, 0.5) is 24.8 Å². The van der Waals surface area contributed by atoms with E-state index in [1.54, 1.807) is 31.3 Å². The molecule has 1 saturated carbocycles. The van der Waals surface area contributed by atoms with Gasteiger partial charge in [0.25, 0.3) is 0 Å². The highest BCUT2D eigenvalue weighted by molar-refractivity contribution is 5.71. The monoisotopic (exact) mass is 500 g/mol. The molecule has 0 aliphatic heterocycles. The Bertz CT molecular complexity index is 1240. The zero-order valence-corrected chi connectivity index (χ0v) is 19.9. The summed E-state index contributed by atoms with van der Waals surface area (Å²) in [5.74, 6) is -1.41. The van der Waals surface area contributed by atoms with E-state index in [1.165, 1.54) is 0 Å². The zero-order valence-electron chi connectivity index (χ0n) is 19.9. The number of aromatic nitrogens is 3. The summed E-state index contributed by atoms with van der Waals surface area (Å²) < 4.78 is 38.9. The minimum atomic E-state index is -4.57. The first-order valence-electron chi connectivity index (χ1n) is 11.6. The fourth-order valence-electron chi connectivity index (χ4n) is 4.70. The van der Waals surface area contributed by atoms with Gasteiger partial charge in [-0.1, -0.05) is 12.1 Å². The van der Waals surface area contributed by atoms with Crippen molar-refractivity contribution in [3.05, 3.63) is 65.7 Å². The summed E-state index contributed by atoms with van der Waals surface area (Å²) in [5.41, 5.74) is 1.22. The lowest BCUT2D eigenvalue weighted by molar-refractivity contribution is -0.144. The number of hydrogen-bond donors (Lipinski definition) is 3. The van der Waals surface area contributed by atoms with Gasteiger partial charge in [0.15, 0.2) is 0 Å². The molecule has 0 radical (unpaired) electrons. The lowest BCUT2D eigenvalue weighted by Gasteiger charge is -2.36. The Balaban J connectivity index is 1.52. The van der Waals surface area contributed by atoms with E-state index in [4.69, 9.17) is 0 Å². The summed E-state index contributed by atoms with van der Waals surface area (Å²) in [6.07, 6.45) is 0.409. The first-order chi connectivity index (χ1) is 16.9. The minimum Gasteiger partial charge on any atom is -0.481 e. The molecule has 4 rings (SSSR count). The van der Waals surface area contributed by atoms with E-state index in [-0.39, 0.29) is 17.8 Å². The first kappa shape index (κ1) is 25.6. The lowest BCUT2D eigenvalue weighted by atomic mass is 9.73. The van der Waals surface area contributed by atoms with E-state index in [0.717, 1.165) is 29.0 Å². The van der Waals surface area contributed by atoms with Crippen LogP contribution in [-0.2, 0) is 16.6 Å². The van der Waals surface area contributed by atoms with Crippen molar-refractivity contribution in [3.8, 4) is 11.1 Å². The van der Waals surface area contributed by atoms with Crippen LogP contribution in [0, 0.1) is 18.8 Å². The summed E-state index contributed by atoms with van der Waals surface area (Å²) in [4.78, 5) is 23.2. The Hall–Kier alpha value is -3.53. The standard InChI is InChI=1S/C26H27F3N4O3/c1-15-11-18(13-20(12-15)32-24-30-10-9-22(33-24)26(27,28)29)17-5-8-21(31-14-17)25(2,36)19-6-3-16(4-7-19)23(34)35/h5,8-14,16,19,36H,3-4,6-7H2,1-2H3,(H,34,35)(H,30,32,33). The second-order valence-electron chi connectivity index (χ2n) is 9.44. The van der Waals surface area contributed by atoms with E-state index in [0.29, 0.717) is 37.1 Å². The fraction of sp³-hybridized carbons (Fsp3) is 0.385. The van der Waals surface area contributed by atoms with Crippen LogP contribution >= 0.6 is 0 Å². The summed E-state index contributed by atoms with van der Waals surface area (Å²) in [6, 6.07) is 9.85. The van der Waals surface area contributed by atoms with Crippen LogP contribution in [0.25, 0.3) is 11.1 Å². The zero-order chi connectivity index (χ0) is 26.1. The van der Waals surface area contributed by atoms with Crippen molar-refractivity contribution < 1.29 is 28.2 Å². The molecule has 7 nitrogen and oxygen atoms in total. The van der Waals surface area contributed by atoms with Gasteiger partial charge in [0.05, 0.1) is 11.6 Å². The fourth-order valence-corrected chi connectivity index (χ4v) is 4.70. The molecule has 1 aliphatic carbocycles. The van der Waals surface area contributed by atoms with E-state index >= 15 is 0 Å². The van der Waals surface area contributed by atoms with Crippen LogP contribution in [0.1, 0.15) is 49.6 Å². The number of alkyl halides is 3. The molecule has 1 unspecified atom stereocenters. The number of aliphatic carboxylic acids is 1. The van der Waals surface area contributed by atoms with Gasteiger partial charge in [0.2, 0.25) is 5.95 Å². The van der Waals surface area contributed by atoms with Crippen LogP contribution in [0.2, 0.25) is 0 Å². The van der Waals surface area contributed by atoms with Crippen molar-refractivity contribution in [1.82, 2.24) is 15.0 Å². The second kappa shape index (κ2) is 9.85. The van der Waals surface area contributed by atoms with Gasteiger partial charge in [-0.25, -0.2) is 9.97 Å². The summed E-state index contributed by atoms with van der Waals surface area (Å²) in [5, 5.41) is 23.3. The summed E-state index contributed by atoms with van der Waals surface area (Å²) >= 11 is 0. The third kappa shape index (κ3) is 5.64. The number of hydrogen-bond acceptors (Lipinski definition) is 6. The van der Waals surface area contributed by atoms with E-state index in [1.807, 2.05) is 19.1 Å². The highest BCUT2D eigenvalue weighted by Crippen LogP contribution is 2.40. The molecule has 0 saturated heterocycles. The van der Waals surface area contributed by atoms with Crippen LogP contribution in [0.3, 0.4) is 0 Å². The Labute approximate surface area is 206 Å². The normalized spacial score (nSPS) is 19.9. The van der Waals surface area contributed by atoms with Gasteiger partial charge in [-0.05, 0) is 80.8 Å². The van der Waals surface area contributed by atoms with Gasteiger partial charge in [-0.3, -0.25) is 9.78 Å². The average Bonchev–Trinajstić information content (AvgIpc) is 2.83. The molecule has 3 N–H and O–H groups in total. The maximum absolute atomic E-state index is 13.0. The second-order valence-corrected chi connectivity index (χ2v) is 9.44. The maximum atomic E-state index is 13.0. The Morgan fingerprint density at radius 3 is 2.33 bits per heavy atom. The number of nitrogens with one attached hydrogen (secondary N) is 1. The molecule has 1 atom stereocenters. The number of carbonyl (C=O) groups is 1. The number of carboxylic acid groups (broad SMARTS) is 1. The van der Waals surface area contributed by atoms with Crippen molar-refractivity contribution in [2.24, 2.45) is 11.8 Å². The van der Waals surface area contributed by atoms with Gasteiger partial charge >= 0.3 is 12.1 Å². The van der Waals surface area contributed by atoms with Crippen molar-refractivity contribution in [1.29, 1.82) is 0 Å². The molecule has 2 aromatic heterocycles. The number of anilines is 2. The van der Waals surface area contributed by atoms with E-state index in [9.17, 15) is 28.2 Å². The first-order valence-corrected chi connectivity index (χ1v) is 11.6. The van der Waals surface area contributed by atoms with Gasteiger partial charge in [0, 0.05) is 23.6 Å². The number of halogens is 3. The highest BCUT2D eigenvalue weighted by atomic mass is 19.4. The van der Waals surface area contributed by atoms with Crippen molar-refractivity contribution in [3.63, 3.8) is 0 Å². The Morgan fingerprint density at radius 2 is 1.72 bits per heavy atom. The largest absolute Gasteiger partial charge is 0.481 e. The topological polar surface area (TPSA) is 108 Å². The Morgan fingerprint density at radius 1 is 1.00 bits per heavy atom. The van der Waals surface area contributed by atoms with E-state index < -0.39 is 23.4 Å². The third-order valence-corrected chi connectivity index (χ3v) is 6.77. The molecule has 1 fully saturated rings. The van der Waals surface area contributed by atoms with Crippen molar-refractivity contribution in [2.75, 3.05) is 5.32 Å². The van der Waals surface area contributed by atoms with Crippen LogP contribution in [0.5, 0.6) is 0 Å². The summed E-state index contributed by atoms with van der Waals surface area (Å²) in [7, 11) is 0. The summed E-state index contributed by atoms with van der Waals surface area (Å²) in [6.45, 7) is 3.58. The van der Waals surface area contributed by atoms with Gasteiger partial charge in [-0.2, -0.15) is 13.2 Å². The molecular formula is C26H27F3N4O3. The van der Waals surface area contributed by atoms with Gasteiger partial charge in [0.1, 0.15) is 11.3 Å². The number of benzene rings is 1. The molecular weight excluding hydrogens is 473 g/mol. The molecule has 2 heterocycles. The predicted octanol–water partition coefficient (Wildman–Crippen LogP) is 5.71. The lowest BCUT2D eigenvalue weighted by Crippen LogP contribution is -2.36. The number of carboxylic acids is 1. The molecule has 0 amide bonds. The quantitative estimate of drug-likeness (QED) is 0.398. The smallest absolute Gasteiger partial charge is 0.433 e. The molecule has 3 aromatic rings.